The summed E-state index contributed by atoms with van der Waals surface area (Å²) < 4.78 is 13.7. The van der Waals surface area contributed by atoms with Gasteiger partial charge in [0.2, 0.25) is 5.95 Å². The largest absolute Gasteiger partial charge is 0.368 e. The molecular weight excluding hydrogens is 423 g/mol. The molecule has 0 saturated heterocycles. The van der Waals surface area contributed by atoms with E-state index in [2.05, 4.69) is 21.4 Å². The smallest absolute Gasteiger partial charge is 0.287 e. The summed E-state index contributed by atoms with van der Waals surface area (Å²) in [5.41, 5.74) is 2.42. The molecule has 0 spiro atoms. The van der Waals surface area contributed by atoms with Crippen molar-refractivity contribution >= 4 is 17.5 Å². The fourth-order valence-electron chi connectivity index (χ4n) is 3.24. The van der Waals surface area contributed by atoms with E-state index >= 15 is 0 Å². The molecule has 4 rings (SSSR count). The van der Waals surface area contributed by atoms with E-state index in [1.165, 1.54) is 24.4 Å². The Labute approximate surface area is 189 Å². The molecule has 0 aliphatic carbocycles. The number of pyridine rings is 1. The second-order valence-electron chi connectivity index (χ2n) is 7.17. The zero-order valence-corrected chi connectivity index (χ0v) is 17.6. The first-order valence-corrected chi connectivity index (χ1v) is 10.2. The van der Waals surface area contributed by atoms with Crippen LogP contribution in [0.5, 0.6) is 0 Å². The average Bonchev–Trinajstić information content (AvgIpc) is 2.84. The maximum atomic E-state index is 13.7. The van der Waals surface area contributed by atoms with E-state index in [1.54, 1.807) is 18.3 Å². The number of nitrogens with one attached hydrogen (secondary N) is 1. The quantitative estimate of drug-likeness (QED) is 0.300. The number of rotatable bonds is 9. The Bertz CT molecular complexity index is 1220. The van der Waals surface area contributed by atoms with Crippen molar-refractivity contribution < 1.29 is 9.31 Å². The maximum absolute atomic E-state index is 13.7. The van der Waals surface area contributed by atoms with Crippen molar-refractivity contribution in [3.63, 3.8) is 0 Å². The predicted molar refractivity (Wildman–Crippen MR) is 123 cm³/mol. The molecule has 1 radical (unpaired) electrons. The zero-order valence-electron chi connectivity index (χ0n) is 17.6. The molecule has 165 valence electrons. The second kappa shape index (κ2) is 10.3. The lowest BCUT2D eigenvalue weighted by molar-refractivity contribution is -0.385. The molecule has 0 atom stereocenters. The van der Waals surface area contributed by atoms with Crippen LogP contribution in [0.2, 0.25) is 0 Å². The first-order chi connectivity index (χ1) is 16.1. The van der Waals surface area contributed by atoms with Gasteiger partial charge in [-0.05, 0) is 35.9 Å². The van der Waals surface area contributed by atoms with Gasteiger partial charge in [-0.25, -0.2) is 19.3 Å². The summed E-state index contributed by atoms with van der Waals surface area (Å²) in [4.78, 5) is 25.4. The molecule has 8 nitrogen and oxygen atoms in total. The standard InChI is InChI=1S/C24H20FN6O2/c25-20-8-4-5-18(15-20)17-30(14-13-26-23-10-9-21(16-28-23)31(32)33)24-27-12-11-22(29-24)19-6-2-1-3-7-19/h2-12,15-16H,13-14,17H2,(H,26,28). The van der Waals surface area contributed by atoms with Gasteiger partial charge in [0.25, 0.3) is 5.69 Å². The summed E-state index contributed by atoms with van der Waals surface area (Å²) in [5, 5.41) is 13.9. The highest BCUT2D eigenvalue weighted by Gasteiger charge is 2.13. The lowest BCUT2D eigenvalue weighted by atomic mass is 10.1. The molecule has 1 N–H and O–H groups in total. The second-order valence-corrected chi connectivity index (χ2v) is 7.17. The third-order valence-electron chi connectivity index (χ3n) is 4.85. The summed E-state index contributed by atoms with van der Waals surface area (Å²) in [6, 6.07) is 21.7. The van der Waals surface area contributed by atoms with Gasteiger partial charge >= 0.3 is 0 Å². The number of halogens is 1. The molecule has 2 aromatic heterocycles. The van der Waals surface area contributed by atoms with Crippen molar-refractivity contribution in [3.05, 3.63) is 107 Å². The van der Waals surface area contributed by atoms with Crippen LogP contribution in [0.3, 0.4) is 0 Å². The summed E-state index contributed by atoms with van der Waals surface area (Å²) in [6.07, 6.45) is 2.90. The van der Waals surface area contributed by atoms with Crippen molar-refractivity contribution in [2.75, 3.05) is 23.3 Å². The Hall–Kier alpha value is -4.40. The molecule has 4 aromatic rings. The number of hydrogen-bond acceptors (Lipinski definition) is 7. The van der Waals surface area contributed by atoms with Gasteiger partial charge < -0.3 is 10.2 Å². The fourth-order valence-corrected chi connectivity index (χ4v) is 3.24. The van der Waals surface area contributed by atoms with Gasteiger partial charge in [0.1, 0.15) is 17.8 Å². The van der Waals surface area contributed by atoms with Gasteiger partial charge in [-0.3, -0.25) is 10.1 Å². The number of hydrogen-bond donors (Lipinski definition) is 1. The molecule has 0 bridgehead atoms. The summed E-state index contributed by atoms with van der Waals surface area (Å²) in [6.45, 7) is 1.36. The van der Waals surface area contributed by atoms with E-state index in [0.717, 1.165) is 16.8 Å². The molecular formula is C24H20FN6O2. The SMILES string of the molecule is O=[N+]([O-])c1ccc(NCCN(Cc2cccc(F)c2)c2nccc(-c3cc[c]cc3)n2)nc1. The molecule has 0 aliphatic heterocycles. The van der Waals surface area contributed by atoms with Crippen LogP contribution in [-0.2, 0) is 6.54 Å². The van der Waals surface area contributed by atoms with E-state index in [1.807, 2.05) is 41.3 Å². The number of anilines is 2. The normalized spacial score (nSPS) is 10.6. The van der Waals surface area contributed by atoms with E-state index in [4.69, 9.17) is 4.98 Å². The summed E-state index contributed by atoms with van der Waals surface area (Å²) >= 11 is 0. The number of nitrogens with zero attached hydrogens (tertiary/aromatic N) is 5. The Morgan fingerprint density at radius 2 is 1.94 bits per heavy atom. The van der Waals surface area contributed by atoms with E-state index in [-0.39, 0.29) is 11.5 Å². The van der Waals surface area contributed by atoms with Crippen LogP contribution in [0.4, 0.5) is 21.8 Å². The summed E-state index contributed by atoms with van der Waals surface area (Å²) in [5.74, 6) is 0.709. The maximum Gasteiger partial charge on any atom is 0.287 e. The average molecular weight is 443 g/mol. The third-order valence-corrected chi connectivity index (χ3v) is 4.85. The van der Waals surface area contributed by atoms with Crippen LogP contribution in [0.1, 0.15) is 5.56 Å². The highest BCUT2D eigenvalue weighted by Crippen LogP contribution is 2.20. The van der Waals surface area contributed by atoms with Gasteiger partial charge in [0.05, 0.1) is 10.6 Å². The van der Waals surface area contributed by atoms with Gasteiger partial charge in [-0.15, -0.1) is 0 Å². The molecule has 0 aliphatic rings. The molecule has 2 heterocycles. The van der Waals surface area contributed by atoms with Gasteiger partial charge in [-0.1, -0.05) is 36.4 Å². The number of benzene rings is 2. The van der Waals surface area contributed by atoms with Crippen molar-refractivity contribution in [1.82, 2.24) is 15.0 Å². The zero-order chi connectivity index (χ0) is 23.0. The minimum absolute atomic E-state index is 0.0722. The summed E-state index contributed by atoms with van der Waals surface area (Å²) in [7, 11) is 0. The number of aromatic nitrogens is 3. The molecule has 33 heavy (non-hydrogen) atoms. The van der Waals surface area contributed by atoms with Crippen molar-refractivity contribution in [2.45, 2.75) is 6.54 Å². The topological polar surface area (TPSA) is 97.1 Å². The van der Waals surface area contributed by atoms with Crippen molar-refractivity contribution in [3.8, 4) is 11.3 Å². The van der Waals surface area contributed by atoms with E-state index in [0.29, 0.717) is 31.4 Å². The Balaban J connectivity index is 1.52. The lowest BCUT2D eigenvalue weighted by Gasteiger charge is -2.23. The molecule has 2 aromatic carbocycles. The minimum Gasteiger partial charge on any atom is -0.368 e. The van der Waals surface area contributed by atoms with Gasteiger partial charge in [0, 0.05) is 37.5 Å². The molecule has 0 fully saturated rings. The molecule has 0 saturated carbocycles. The molecule has 9 heteroatoms. The minimum atomic E-state index is -0.493. The van der Waals surface area contributed by atoms with Crippen molar-refractivity contribution in [2.24, 2.45) is 0 Å². The van der Waals surface area contributed by atoms with Crippen LogP contribution in [-0.4, -0.2) is 33.0 Å². The Kier molecular flexibility index (Phi) is 6.79. The Morgan fingerprint density at radius 3 is 2.67 bits per heavy atom. The van der Waals surface area contributed by atoms with E-state index < -0.39 is 4.92 Å². The Morgan fingerprint density at radius 1 is 1.09 bits per heavy atom. The van der Waals surface area contributed by atoms with Crippen molar-refractivity contribution in [1.29, 1.82) is 0 Å². The van der Waals surface area contributed by atoms with Crippen LogP contribution < -0.4 is 10.2 Å². The van der Waals surface area contributed by atoms with Crippen LogP contribution >= 0.6 is 0 Å². The molecule has 0 unspecified atom stereocenters. The third kappa shape index (κ3) is 5.85. The van der Waals surface area contributed by atoms with Crippen LogP contribution in [0.15, 0.2) is 79.1 Å². The van der Waals surface area contributed by atoms with Crippen LogP contribution in [0, 0.1) is 22.0 Å². The van der Waals surface area contributed by atoms with Gasteiger partial charge in [-0.2, -0.15) is 0 Å². The highest BCUT2D eigenvalue weighted by molar-refractivity contribution is 5.59. The molecule has 0 amide bonds. The number of nitro groups is 1. The predicted octanol–water partition coefficient (Wildman–Crippen LogP) is 4.50. The first kappa shape index (κ1) is 21.8. The highest BCUT2D eigenvalue weighted by atomic mass is 19.1. The monoisotopic (exact) mass is 443 g/mol. The van der Waals surface area contributed by atoms with Crippen LogP contribution in [0.25, 0.3) is 11.3 Å². The van der Waals surface area contributed by atoms with Gasteiger partial charge in [0.15, 0.2) is 0 Å². The lowest BCUT2D eigenvalue weighted by Crippen LogP contribution is -2.30. The van der Waals surface area contributed by atoms with E-state index in [9.17, 15) is 14.5 Å². The fraction of sp³-hybridized carbons (Fsp3) is 0.125. The first-order valence-electron chi connectivity index (χ1n) is 10.2.